The zero-order chi connectivity index (χ0) is 105. The van der Waals surface area contributed by atoms with E-state index in [9.17, 15) is 150 Å². The molecule has 0 bridgehead atoms. The SMILES string of the molecule is NCC(=O)CN(CC(=O)CN)C(=O)Oc1ccc(Cl)cc1C(=O)Nc1cc(C(F)(F)F)cc(C(F)(F)F)c1.NCC(=O)CN(CC(=O)CN)C(=O)Oc1ccc(Cl)cc1C(=O)Nc1ccc([N+](=O)[O-])cc1Cl.O=COCN(COC=O)C(=O)Oc1ccc(Cl)cc1C(=O)Nc1cc(C(F)(F)F)cc(C(F)(F)F)c1.O=COCN(COC=O)C(=O)Oc1ccc(Cl)cc1C(=O)Nc1ccc([N+](=O)[O-])cc1Cl. The lowest BCUT2D eigenvalue weighted by molar-refractivity contribution is -0.385. The number of nitro groups is 2. The molecule has 8 aromatic rings. The second-order valence-corrected chi connectivity index (χ2v) is 29.2. The summed E-state index contributed by atoms with van der Waals surface area (Å²) in [5.41, 5.74) is 10.6. The Morgan fingerprint density at radius 3 is 0.743 bits per heavy atom. The average Bonchev–Trinajstić information content (AvgIpc) is 0.785. The lowest BCUT2D eigenvalue weighted by atomic mass is 10.1. The molecular weight excluding hydrogens is 2050 g/mol. The molecule has 0 aromatic heterocycles. The first-order valence-electron chi connectivity index (χ1n) is 37.5. The maximum atomic E-state index is 13.1. The molecule has 0 saturated carbocycles. The number of amides is 8. The molecule has 0 radical (unpaired) electrons. The van der Waals surface area contributed by atoms with Crippen LogP contribution in [-0.4, -0.2) is 206 Å². The summed E-state index contributed by atoms with van der Waals surface area (Å²) in [5.74, 6) is -8.12. The van der Waals surface area contributed by atoms with Gasteiger partial charge in [-0.2, -0.15) is 52.7 Å². The number of rotatable bonds is 38. The summed E-state index contributed by atoms with van der Waals surface area (Å²) in [5, 5.41) is 30.2. The maximum absolute atomic E-state index is 13.1. The Labute approximate surface area is 805 Å². The van der Waals surface area contributed by atoms with Gasteiger partial charge in [-0.15, -0.1) is 0 Å². The summed E-state index contributed by atoms with van der Waals surface area (Å²) in [6, 6.07) is 21.4. The fraction of sp³-hybridized carbons (Fsp3) is 0.200. The van der Waals surface area contributed by atoms with Crippen molar-refractivity contribution in [2.75, 3.05) is 101 Å². The smallest absolute Gasteiger partial charge is 0.420 e. The van der Waals surface area contributed by atoms with Gasteiger partial charge < -0.3 is 82.1 Å². The molecule has 748 valence electrons. The first-order chi connectivity index (χ1) is 65.6. The van der Waals surface area contributed by atoms with E-state index in [1.807, 2.05) is 10.6 Å². The van der Waals surface area contributed by atoms with E-state index in [0.717, 1.165) is 65.6 Å². The molecule has 0 aliphatic rings. The Kier molecular flexibility index (Phi) is 44.1. The summed E-state index contributed by atoms with van der Waals surface area (Å²) in [6.07, 6.45) is -25.5. The first-order valence-corrected chi connectivity index (χ1v) is 39.7. The largest absolute Gasteiger partial charge is 0.446 e. The summed E-state index contributed by atoms with van der Waals surface area (Å²) < 4.78 is 195. The molecule has 8 aromatic carbocycles. The van der Waals surface area contributed by atoms with Crippen LogP contribution in [0.3, 0.4) is 0 Å². The van der Waals surface area contributed by atoms with Gasteiger partial charge in [0, 0.05) is 55.7 Å². The number of ketones is 4. The number of carbonyl (C=O) groups is 16. The van der Waals surface area contributed by atoms with Gasteiger partial charge in [0.2, 0.25) is 0 Å². The Bertz CT molecular complexity index is 5870. The number of non-ortho nitro benzene ring substituents is 2. The van der Waals surface area contributed by atoms with Crippen LogP contribution in [0.25, 0.3) is 0 Å². The van der Waals surface area contributed by atoms with Gasteiger partial charge in [-0.05, 0) is 121 Å². The van der Waals surface area contributed by atoms with Crippen LogP contribution in [0.5, 0.6) is 23.0 Å². The fourth-order valence-electron chi connectivity index (χ4n) is 10.2. The van der Waals surface area contributed by atoms with Gasteiger partial charge in [-0.3, -0.25) is 87.6 Å². The molecule has 60 heteroatoms. The number of anilines is 4. The van der Waals surface area contributed by atoms with E-state index in [2.05, 4.69) is 29.6 Å². The molecule has 8 rings (SSSR count). The van der Waals surface area contributed by atoms with Crippen molar-refractivity contribution in [1.82, 2.24) is 19.6 Å². The van der Waals surface area contributed by atoms with Gasteiger partial charge in [0.1, 0.15) is 23.0 Å². The molecule has 0 heterocycles. The minimum atomic E-state index is -5.16. The van der Waals surface area contributed by atoms with Crippen LogP contribution >= 0.6 is 69.6 Å². The normalized spacial score (nSPS) is 10.8. The van der Waals surface area contributed by atoms with E-state index >= 15 is 0 Å². The molecule has 0 saturated heterocycles. The van der Waals surface area contributed by atoms with Gasteiger partial charge in [0.05, 0.1) is 128 Å². The van der Waals surface area contributed by atoms with Crippen molar-refractivity contribution in [2.45, 2.75) is 24.7 Å². The number of Topliss-reactive ketones (excluding diaryl/α,β-unsaturated/α-hetero) is 4. The summed E-state index contributed by atoms with van der Waals surface area (Å²) in [6.45, 7) is -6.62. The second kappa shape index (κ2) is 53.5. The fourth-order valence-corrected chi connectivity index (χ4v) is 11.4. The highest BCUT2D eigenvalue weighted by molar-refractivity contribution is 6.35. The molecule has 42 nitrogen and oxygen atoms in total. The maximum Gasteiger partial charge on any atom is 0.420 e. The van der Waals surface area contributed by atoms with E-state index in [0.29, 0.717) is 14.7 Å². The van der Waals surface area contributed by atoms with Crippen molar-refractivity contribution in [3.05, 3.63) is 240 Å². The Morgan fingerprint density at radius 1 is 0.321 bits per heavy atom. The molecule has 0 unspecified atom stereocenters. The second-order valence-electron chi connectivity index (χ2n) is 26.6. The Hall–Kier alpha value is -15.2. The Balaban J connectivity index is 0.000000330. The highest BCUT2D eigenvalue weighted by Gasteiger charge is 2.40. The average molecular weight is 2110 g/mol. The van der Waals surface area contributed by atoms with Crippen molar-refractivity contribution in [2.24, 2.45) is 22.9 Å². The van der Waals surface area contributed by atoms with Crippen LogP contribution in [0.1, 0.15) is 63.7 Å². The third-order valence-corrected chi connectivity index (χ3v) is 18.2. The van der Waals surface area contributed by atoms with Crippen LogP contribution < -0.4 is 63.1 Å². The van der Waals surface area contributed by atoms with Gasteiger partial charge in [-0.25, -0.2) is 29.0 Å². The van der Waals surface area contributed by atoms with Crippen molar-refractivity contribution in [3.8, 4) is 23.0 Å². The third-order valence-electron chi connectivity index (χ3n) is 16.7. The number of nitrogens with zero attached hydrogens (tertiary/aromatic N) is 6. The van der Waals surface area contributed by atoms with Gasteiger partial charge in [0.15, 0.2) is 50.1 Å². The molecule has 12 N–H and O–H groups in total. The number of nitrogens with two attached hydrogens (primary N) is 4. The molecule has 0 fully saturated rings. The monoisotopic (exact) mass is 2110 g/mol. The van der Waals surface area contributed by atoms with Gasteiger partial charge in [-0.1, -0.05) is 69.6 Å². The van der Waals surface area contributed by atoms with Crippen molar-refractivity contribution < 1.29 is 177 Å². The highest BCUT2D eigenvalue weighted by atomic mass is 35.5. The number of nitrogens with one attached hydrogen (secondary N) is 4. The first kappa shape index (κ1) is 115. The number of carbonyl (C=O) groups excluding carboxylic acids is 16. The molecule has 0 aliphatic heterocycles. The number of ether oxygens (including phenoxy) is 8. The van der Waals surface area contributed by atoms with Gasteiger partial charge >= 0.3 is 49.1 Å². The molecule has 0 atom stereocenters. The lowest BCUT2D eigenvalue weighted by Gasteiger charge is -2.21. The van der Waals surface area contributed by atoms with E-state index in [1.54, 1.807) is 0 Å². The predicted molar refractivity (Wildman–Crippen MR) is 462 cm³/mol. The molecule has 8 amide bonds. The number of halogens is 18. The number of hydrogen-bond donors (Lipinski definition) is 8. The molecule has 0 aliphatic carbocycles. The van der Waals surface area contributed by atoms with E-state index in [1.165, 1.54) is 48.5 Å². The quantitative estimate of drug-likeness (QED) is 0.00445. The zero-order valence-corrected chi connectivity index (χ0v) is 74.4. The van der Waals surface area contributed by atoms with Gasteiger partial charge in [0.25, 0.3) is 60.9 Å². The predicted octanol–water partition coefficient (Wildman–Crippen LogP) is 13.4. The number of alkyl halides is 12. The molecule has 140 heavy (non-hydrogen) atoms. The minimum absolute atomic E-state index is 0.0351. The third kappa shape index (κ3) is 36.7. The van der Waals surface area contributed by atoms with E-state index in [4.69, 9.17) is 111 Å². The summed E-state index contributed by atoms with van der Waals surface area (Å²) in [7, 11) is 0. The van der Waals surface area contributed by atoms with E-state index in [-0.39, 0.29) is 151 Å². The van der Waals surface area contributed by atoms with Crippen molar-refractivity contribution in [3.63, 3.8) is 0 Å². The van der Waals surface area contributed by atoms with Crippen LogP contribution in [0, 0.1) is 20.2 Å². The number of nitro benzene ring substituents is 2. The van der Waals surface area contributed by atoms with Crippen molar-refractivity contribution in [1.29, 1.82) is 0 Å². The lowest BCUT2D eigenvalue weighted by Crippen LogP contribution is -2.43. The highest BCUT2D eigenvalue weighted by Crippen LogP contribution is 2.42. The summed E-state index contributed by atoms with van der Waals surface area (Å²) in [4.78, 5) is 213. The molecular formula is C80H64Cl6F12N14O28. The number of benzene rings is 8. The summed E-state index contributed by atoms with van der Waals surface area (Å²) >= 11 is 35.6. The van der Waals surface area contributed by atoms with E-state index < -0.39 is 228 Å². The minimum Gasteiger partial charge on any atom is -0.446 e. The van der Waals surface area contributed by atoms with Crippen molar-refractivity contribution >= 4 is 201 Å². The van der Waals surface area contributed by atoms with Crippen LogP contribution in [0.2, 0.25) is 30.1 Å². The zero-order valence-electron chi connectivity index (χ0n) is 69.9. The van der Waals surface area contributed by atoms with Crippen LogP contribution in [0.15, 0.2) is 146 Å². The topological polar surface area (TPSA) is 598 Å². The van der Waals surface area contributed by atoms with Crippen LogP contribution in [0.4, 0.5) is 106 Å². The standard InChI is InChI=1S/C22H19ClF6N4O5.C20H19Cl2N5O7.C20H13ClF6N2O7.C18H13Cl2N3O9/c23-13-1-2-18(38-20(37)33(9-15(34)7-30)10-16(35)8-31)17(6-13)19(36)32-14-4-11(21(24,25)26)3-12(5-14)22(27,28)29;21-11-1-4-18(34-20(31)26(9-13(28)7-23)10-14(29)8-24)15(5-11)19(30)25-17-3-2-12(27(32)33)6-16(17)22;21-13-1-2-16(36-18(33)29(7-34-9-30)8-35-10-31)15(6-13)17(32)28-14-4-11(19(22,23)24)3-12(5-14)20(25,26)27;19-11-1-4-16(32-18(27)22(7-30-9-24)8-31-10-25)13(5-11)17(26)21-15-3-2-12(23(28)29)6-14(15)20/h1-6H,7-10,30-31H2,(H,32,36);1-6H,7-10,23-24H2,(H,25,30);1-6,9-10H,7-8H2,(H,28,32);1-6,9-10H,7-8H2,(H,21,26). The number of hydrogen-bond acceptors (Lipinski definition) is 32. The molecule has 0 spiro atoms. The Morgan fingerprint density at radius 2 is 0.543 bits per heavy atom. The van der Waals surface area contributed by atoms with Crippen LogP contribution in [-0.2, 0) is 82.0 Å².